The molecule has 2 aliphatic rings. The summed E-state index contributed by atoms with van der Waals surface area (Å²) < 4.78 is 7.16. The van der Waals surface area contributed by atoms with Gasteiger partial charge in [0.1, 0.15) is 0 Å². The molecule has 94 valence electrons. The lowest BCUT2D eigenvalue weighted by Crippen LogP contribution is -2.47. The van der Waals surface area contributed by atoms with Gasteiger partial charge in [0, 0.05) is 23.5 Å². The Balaban J connectivity index is 1.98. The van der Waals surface area contributed by atoms with Gasteiger partial charge >= 0.3 is 0 Å². The van der Waals surface area contributed by atoms with Gasteiger partial charge in [-0.2, -0.15) is 0 Å². The Morgan fingerprint density at radius 3 is 3.22 bits per heavy atom. The molecule has 0 radical (unpaired) electrons. The Bertz CT molecular complexity index is 622. The minimum Gasteiger partial charge on any atom is -0.371 e. The minimum absolute atomic E-state index is 0.225. The lowest BCUT2D eigenvalue weighted by atomic mass is 9.85. The first-order valence-corrected chi connectivity index (χ1v) is 7.16. The predicted octanol–water partition coefficient (Wildman–Crippen LogP) is 2.86. The van der Waals surface area contributed by atoms with E-state index in [9.17, 15) is 0 Å². The Morgan fingerprint density at radius 1 is 1.44 bits per heavy atom. The van der Waals surface area contributed by atoms with Crippen LogP contribution in [0.25, 0.3) is 10.9 Å². The van der Waals surface area contributed by atoms with Crippen LogP contribution in [0.1, 0.15) is 17.2 Å². The molecule has 2 atom stereocenters. The summed E-state index contributed by atoms with van der Waals surface area (Å²) in [7, 11) is 2.20. The molecule has 18 heavy (non-hydrogen) atoms. The number of ether oxygens (including phenoxy) is 1. The number of aromatic amines is 1. The third-order valence-electron chi connectivity index (χ3n) is 4.28. The fraction of sp³-hybridized carbons (Fsp3) is 0.429. The zero-order valence-electron chi connectivity index (χ0n) is 10.2. The third kappa shape index (κ3) is 1.37. The average molecular weight is 307 g/mol. The van der Waals surface area contributed by atoms with Crippen molar-refractivity contribution >= 4 is 26.8 Å². The van der Waals surface area contributed by atoms with Crippen molar-refractivity contribution in [1.82, 2.24) is 9.88 Å². The average Bonchev–Trinajstić information content (AvgIpc) is 2.69. The summed E-state index contributed by atoms with van der Waals surface area (Å²) in [6.45, 7) is 1.85. The fourth-order valence-electron chi connectivity index (χ4n) is 3.34. The number of likely N-dealkylation sites (N-methyl/N-ethyl adjacent to an activating group) is 1. The number of rotatable bonds is 0. The predicted molar refractivity (Wildman–Crippen MR) is 74.8 cm³/mol. The molecule has 0 saturated carbocycles. The van der Waals surface area contributed by atoms with Crippen LogP contribution in [0.2, 0.25) is 0 Å². The Kier molecular flexibility index (Phi) is 2.34. The van der Waals surface area contributed by atoms with Crippen LogP contribution in [0.3, 0.4) is 0 Å². The molecule has 2 aromatic rings. The van der Waals surface area contributed by atoms with Crippen molar-refractivity contribution in [3.63, 3.8) is 0 Å². The molecule has 2 heterocycles. The quantitative estimate of drug-likeness (QED) is 0.810. The van der Waals surface area contributed by atoms with Gasteiger partial charge in [-0.05, 0) is 46.6 Å². The molecule has 0 bridgehead atoms. The van der Waals surface area contributed by atoms with E-state index in [1.807, 2.05) is 0 Å². The van der Waals surface area contributed by atoms with Gasteiger partial charge in [-0.1, -0.05) is 12.1 Å². The van der Waals surface area contributed by atoms with Gasteiger partial charge in [-0.3, -0.25) is 4.90 Å². The van der Waals surface area contributed by atoms with Crippen molar-refractivity contribution in [3.8, 4) is 0 Å². The number of nitrogens with zero attached hydrogens (tertiary/aromatic N) is 1. The summed E-state index contributed by atoms with van der Waals surface area (Å²) in [4.78, 5) is 5.85. The van der Waals surface area contributed by atoms with Crippen LogP contribution in [0.4, 0.5) is 0 Å². The van der Waals surface area contributed by atoms with Gasteiger partial charge in [0.05, 0.1) is 17.3 Å². The van der Waals surface area contributed by atoms with Gasteiger partial charge in [-0.15, -0.1) is 0 Å². The van der Waals surface area contributed by atoms with Gasteiger partial charge < -0.3 is 9.72 Å². The number of hydrogen-bond donors (Lipinski definition) is 1. The zero-order valence-corrected chi connectivity index (χ0v) is 11.8. The van der Waals surface area contributed by atoms with E-state index in [1.165, 1.54) is 22.0 Å². The number of H-pyrrole nitrogens is 1. The SMILES string of the molecule is CN1CCO[C@@H]2c3cccc4[nH]c(Br)c(c34)C[C@H]21. The molecule has 1 saturated heterocycles. The second-order valence-electron chi connectivity index (χ2n) is 5.23. The van der Waals surface area contributed by atoms with Crippen molar-refractivity contribution in [3.05, 3.63) is 33.9 Å². The first-order valence-electron chi connectivity index (χ1n) is 6.36. The molecule has 4 rings (SSSR count). The summed E-state index contributed by atoms with van der Waals surface area (Å²) in [6, 6.07) is 6.93. The van der Waals surface area contributed by atoms with Crippen molar-refractivity contribution in [2.75, 3.05) is 20.2 Å². The maximum atomic E-state index is 6.04. The molecule has 3 nitrogen and oxygen atoms in total. The van der Waals surface area contributed by atoms with Crippen LogP contribution >= 0.6 is 15.9 Å². The Labute approximate surface area is 114 Å². The number of nitrogens with one attached hydrogen (secondary N) is 1. The molecule has 1 N–H and O–H groups in total. The largest absolute Gasteiger partial charge is 0.371 e. The summed E-state index contributed by atoms with van der Waals surface area (Å²) >= 11 is 3.66. The maximum absolute atomic E-state index is 6.04. The lowest BCUT2D eigenvalue weighted by Gasteiger charge is -2.42. The molecule has 0 unspecified atom stereocenters. The molecule has 1 aliphatic heterocycles. The Hall–Kier alpha value is -0.840. The van der Waals surface area contributed by atoms with E-state index in [4.69, 9.17) is 4.74 Å². The van der Waals surface area contributed by atoms with Crippen molar-refractivity contribution in [1.29, 1.82) is 0 Å². The van der Waals surface area contributed by atoms with Crippen LogP contribution in [0.15, 0.2) is 22.8 Å². The first-order chi connectivity index (χ1) is 8.75. The van der Waals surface area contributed by atoms with Gasteiger partial charge in [-0.25, -0.2) is 0 Å². The molecule has 1 aromatic carbocycles. The van der Waals surface area contributed by atoms with Gasteiger partial charge in [0.25, 0.3) is 0 Å². The number of fused-ring (bicyclic) bond motifs is 2. The second kappa shape index (κ2) is 3.83. The molecule has 1 fully saturated rings. The first kappa shape index (κ1) is 11.0. The molecular weight excluding hydrogens is 292 g/mol. The number of aromatic nitrogens is 1. The third-order valence-corrected chi connectivity index (χ3v) is 4.96. The molecule has 4 heteroatoms. The van der Waals surface area contributed by atoms with Gasteiger partial charge in [0.15, 0.2) is 0 Å². The lowest BCUT2D eigenvalue weighted by molar-refractivity contribution is -0.0643. The van der Waals surface area contributed by atoms with Crippen LogP contribution < -0.4 is 0 Å². The van der Waals surface area contributed by atoms with Crippen LogP contribution in [0, 0.1) is 0 Å². The van der Waals surface area contributed by atoms with Crippen LogP contribution in [-0.2, 0) is 11.2 Å². The number of morpholine rings is 1. The van der Waals surface area contributed by atoms with E-state index < -0.39 is 0 Å². The minimum atomic E-state index is 0.225. The Morgan fingerprint density at radius 2 is 2.33 bits per heavy atom. The molecule has 0 amide bonds. The highest BCUT2D eigenvalue weighted by Gasteiger charge is 2.37. The van der Waals surface area contributed by atoms with E-state index in [0.29, 0.717) is 6.04 Å². The monoisotopic (exact) mass is 306 g/mol. The van der Waals surface area contributed by atoms with Crippen molar-refractivity contribution in [2.24, 2.45) is 0 Å². The summed E-state index contributed by atoms with van der Waals surface area (Å²) in [5.74, 6) is 0. The van der Waals surface area contributed by atoms with E-state index in [0.717, 1.165) is 24.2 Å². The van der Waals surface area contributed by atoms with E-state index in [1.54, 1.807) is 0 Å². The standard InChI is InChI=1S/C14H15BrN2O/c1-17-5-6-18-13-8-3-2-4-10-12(8)9(7-11(13)17)14(15)16-10/h2-4,11,13,16H,5-7H2,1H3/t11-,13-/m1/s1. The summed E-state index contributed by atoms with van der Waals surface area (Å²) in [5, 5.41) is 1.36. The van der Waals surface area contributed by atoms with E-state index >= 15 is 0 Å². The zero-order chi connectivity index (χ0) is 12.3. The highest BCUT2D eigenvalue weighted by Crippen LogP contribution is 2.43. The van der Waals surface area contributed by atoms with Crippen molar-refractivity contribution in [2.45, 2.75) is 18.6 Å². The summed E-state index contributed by atoms with van der Waals surface area (Å²) in [5.41, 5.74) is 3.95. The molecular formula is C14H15BrN2O. The molecule has 1 aromatic heterocycles. The number of halogens is 1. The highest BCUT2D eigenvalue weighted by atomic mass is 79.9. The summed E-state index contributed by atoms with van der Waals surface area (Å²) in [6.07, 6.45) is 1.28. The van der Waals surface area contributed by atoms with Gasteiger partial charge in [0.2, 0.25) is 0 Å². The second-order valence-corrected chi connectivity index (χ2v) is 6.02. The number of hydrogen-bond acceptors (Lipinski definition) is 2. The fourth-order valence-corrected chi connectivity index (χ4v) is 3.92. The van der Waals surface area contributed by atoms with E-state index in [-0.39, 0.29) is 6.10 Å². The van der Waals surface area contributed by atoms with Crippen molar-refractivity contribution < 1.29 is 4.74 Å². The maximum Gasteiger partial charge on any atom is 0.0990 e. The van der Waals surface area contributed by atoms with Crippen LogP contribution in [0.5, 0.6) is 0 Å². The molecule has 0 spiro atoms. The van der Waals surface area contributed by atoms with E-state index in [2.05, 4.69) is 51.1 Å². The number of benzene rings is 1. The molecule has 1 aliphatic carbocycles. The highest BCUT2D eigenvalue weighted by molar-refractivity contribution is 9.10. The van der Waals surface area contributed by atoms with Crippen LogP contribution in [-0.4, -0.2) is 36.1 Å². The smallest absolute Gasteiger partial charge is 0.0990 e. The normalized spacial score (nSPS) is 27.4. The topological polar surface area (TPSA) is 28.3 Å².